The average molecular weight is 875 g/mol. The standard InChI is InChI=1S/C53H52N3O3S3/c1-3-5-20-40(4-2)37-54-62(57,58)52-30-19-18-29-49(52)53-47-33-31-43(55(41-21-10-6-11-22-41)38-60-45-25-14-8-15-26-45)35-50(47)59-51-36-44(32-34-48(51)53)56(42-23-12-7-13-24-42)39-61-46-27-16-9-17-28-46/h6-19,21-36,40,54H,3-5,20,37-39H2,1-2H3/q+1. The van der Waals surface area contributed by atoms with Crippen molar-refractivity contribution >= 4 is 61.6 Å². The van der Waals surface area contributed by atoms with E-state index in [9.17, 15) is 8.42 Å². The number of nitrogens with one attached hydrogen (secondary N) is 1. The van der Waals surface area contributed by atoms with Gasteiger partial charge in [0.05, 0.1) is 16.8 Å². The predicted molar refractivity (Wildman–Crippen MR) is 261 cm³/mol. The van der Waals surface area contributed by atoms with Crippen LogP contribution in [0.1, 0.15) is 39.5 Å². The maximum Gasteiger partial charge on any atom is 0.241 e. The Hall–Kier alpha value is -5.58. The van der Waals surface area contributed by atoms with E-state index < -0.39 is 10.0 Å². The SMILES string of the molecule is CCCCC(CC)CNS(=O)(=O)c1ccccc1-c1c2cc/c(=[N+](/CSc3ccccc3)c3ccccc3)cc-2oc2cc(N(CSc3ccccc3)c3ccccc3)ccc12. The summed E-state index contributed by atoms with van der Waals surface area (Å²) in [6, 6.07) is 61.6. The van der Waals surface area contributed by atoms with Crippen molar-refractivity contribution in [1.82, 2.24) is 9.30 Å². The van der Waals surface area contributed by atoms with E-state index in [1.165, 1.54) is 9.79 Å². The first-order valence-electron chi connectivity index (χ1n) is 21.4. The summed E-state index contributed by atoms with van der Waals surface area (Å²) in [6.45, 7) is 4.71. The number of fused-ring (bicyclic) bond motifs is 2. The number of sulfonamides is 1. The first-order chi connectivity index (χ1) is 30.4. The molecule has 1 aliphatic carbocycles. The highest BCUT2D eigenvalue weighted by Crippen LogP contribution is 2.44. The van der Waals surface area contributed by atoms with E-state index >= 15 is 0 Å². The van der Waals surface area contributed by atoms with Crippen molar-refractivity contribution < 1.29 is 12.8 Å². The molecule has 1 aliphatic heterocycles. The van der Waals surface area contributed by atoms with E-state index in [0.29, 0.717) is 35.2 Å². The Morgan fingerprint density at radius 3 is 2.00 bits per heavy atom. The topological polar surface area (TPSA) is 65.6 Å². The van der Waals surface area contributed by atoms with E-state index in [1.54, 1.807) is 29.6 Å². The van der Waals surface area contributed by atoms with E-state index in [0.717, 1.165) is 64.6 Å². The zero-order valence-electron chi connectivity index (χ0n) is 35.2. The second kappa shape index (κ2) is 20.5. The minimum atomic E-state index is -3.89. The van der Waals surface area contributed by atoms with Crippen LogP contribution < -0.4 is 19.6 Å². The molecule has 6 nitrogen and oxygen atoms in total. The van der Waals surface area contributed by atoms with Crippen LogP contribution in [0.15, 0.2) is 201 Å². The van der Waals surface area contributed by atoms with Crippen molar-refractivity contribution in [3.63, 3.8) is 0 Å². The van der Waals surface area contributed by atoms with Gasteiger partial charge in [0.1, 0.15) is 11.3 Å². The van der Waals surface area contributed by atoms with E-state index in [1.807, 2.05) is 42.5 Å². The summed E-state index contributed by atoms with van der Waals surface area (Å²) < 4.78 is 41.1. The molecule has 0 radical (unpaired) electrons. The van der Waals surface area contributed by atoms with E-state index in [4.69, 9.17) is 4.42 Å². The number of unbranched alkanes of at least 4 members (excludes halogenated alkanes) is 1. The lowest BCUT2D eigenvalue weighted by atomic mass is 9.93. The lowest BCUT2D eigenvalue weighted by Gasteiger charge is -2.25. The molecule has 0 saturated carbocycles. The summed E-state index contributed by atoms with van der Waals surface area (Å²) in [5.74, 6) is 2.26. The van der Waals surface area contributed by atoms with Crippen molar-refractivity contribution in [1.29, 1.82) is 0 Å². The van der Waals surface area contributed by atoms with Crippen molar-refractivity contribution in [2.24, 2.45) is 5.92 Å². The molecule has 0 saturated heterocycles. The molecule has 314 valence electrons. The molecule has 62 heavy (non-hydrogen) atoms. The Bertz CT molecular complexity index is 2850. The molecule has 2 aliphatic rings. The zero-order valence-corrected chi connectivity index (χ0v) is 37.6. The highest BCUT2D eigenvalue weighted by molar-refractivity contribution is 7.99. The number of rotatable bonds is 18. The molecule has 0 bridgehead atoms. The first kappa shape index (κ1) is 43.1. The van der Waals surface area contributed by atoms with Crippen LogP contribution in [0.5, 0.6) is 0 Å². The number of anilines is 2. The number of para-hydroxylation sites is 2. The Labute approximate surface area is 374 Å². The molecule has 8 rings (SSSR count). The lowest BCUT2D eigenvalue weighted by molar-refractivity contribution is 0.444. The highest BCUT2D eigenvalue weighted by atomic mass is 32.2. The number of hydrogen-bond donors (Lipinski definition) is 1. The second-order valence-corrected chi connectivity index (χ2v) is 19.1. The third kappa shape index (κ3) is 10.2. The van der Waals surface area contributed by atoms with Crippen LogP contribution in [0.25, 0.3) is 33.4 Å². The van der Waals surface area contributed by atoms with Crippen LogP contribution in [0.4, 0.5) is 17.1 Å². The summed E-state index contributed by atoms with van der Waals surface area (Å²) in [5, 5.41) is 1.79. The third-order valence-electron chi connectivity index (χ3n) is 11.2. The average Bonchev–Trinajstić information content (AvgIpc) is 3.32. The Kier molecular flexibility index (Phi) is 14.3. The highest BCUT2D eigenvalue weighted by Gasteiger charge is 2.27. The minimum Gasteiger partial charge on any atom is -0.456 e. The van der Waals surface area contributed by atoms with Crippen LogP contribution >= 0.6 is 23.5 Å². The monoisotopic (exact) mass is 874 g/mol. The van der Waals surface area contributed by atoms with Crippen molar-refractivity contribution in [2.45, 2.75) is 54.2 Å². The lowest BCUT2D eigenvalue weighted by Crippen LogP contribution is -2.29. The molecule has 9 heteroatoms. The molecule has 1 heterocycles. The normalized spacial score (nSPS) is 12.7. The minimum absolute atomic E-state index is 0.252. The fourth-order valence-corrected chi connectivity index (χ4v) is 11.0. The van der Waals surface area contributed by atoms with Gasteiger partial charge >= 0.3 is 0 Å². The van der Waals surface area contributed by atoms with Gasteiger partial charge in [-0.25, -0.2) is 13.1 Å². The van der Waals surface area contributed by atoms with Gasteiger partial charge in [0.25, 0.3) is 0 Å². The molecular weight excluding hydrogens is 823 g/mol. The van der Waals surface area contributed by atoms with E-state index in [2.05, 4.69) is 162 Å². The predicted octanol–water partition coefficient (Wildman–Crippen LogP) is 13.4. The van der Waals surface area contributed by atoms with Gasteiger partial charge in [-0.2, -0.15) is 4.58 Å². The number of thioether (sulfide) groups is 2. The quantitative estimate of drug-likeness (QED) is 0.0401. The van der Waals surface area contributed by atoms with Gasteiger partial charge in [0.15, 0.2) is 5.88 Å². The maximum atomic E-state index is 14.4. The number of benzene rings is 7. The molecular formula is C53H52N3O3S3+. The smallest absolute Gasteiger partial charge is 0.241 e. The zero-order chi connectivity index (χ0) is 42.7. The third-order valence-corrected chi connectivity index (χ3v) is 14.7. The molecule has 0 spiro atoms. The second-order valence-electron chi connectivity index (χ2n) is 15.3. The summed E-state index contributed by atoms with van der Waals surface area (Å²) in [4.78, 5) is 4.89. The van der Waals surface area contributed by atoms with Crippen LogP contribution in [0.2, 0.25) is 0 Å². The molecule has 0 amide bonds. The Morgan fingerprint density at radius 2 is 1.31 bits per heavy atom. The van der Waals surface area contributed by atoms with Gasteiger partial charge in [0.2, 0.25) is 21.1 Å². The van der Waals surface area contributed by atoms with Crippen LogP contribution in [0, 0.1) is 5.92 Å². The molecule has 0 fully saturated rings. The van der Waals surface area contributed by atoms with Gasteiger partial charge in [-0.05, 0) is 73.0 Å². The molecule has 6 aromatic carbocycles. The van der Waals surface area contributed by atoms with Crippen LogP contribution in [0.3, 0.4) is 0 Å². The van der Waals surface area contributed by atoms with Gasteiger partial charge in [0, 0.05) is 74.1 Å². The van der Waals surface area contributed by atoms with Crippen LogP contribution in [-0.4, -0.2) is 26.7 Å². The largest absolute Gasteiger partial charge is 0.456 e. The molecule has 1 N–H and O–H groups in total. The van der Waals surface area contributed by atoms with Gasteiger partial charge in [-0.1, -0.05) is 136 Å². The molecule has 6 aromatic rings. The van der Waals surface area contributed by atoms with Gasteiger partial charge in [-0.15, -0.1) is 11.8 Å². The van der Waals surface area contributed by atoms with Crippen molar-refractivity contribution in [3.05, 3.63) is 187 Å². The molecule has 1 unspecified atom stereocenters. The van der Waals surface area contributed by atoms with Gasteiger partial charge < -0.3 is 9.32 Å². The molecule has 0 aromatic heterocycles. The molecule has 1 atom stereocenters. The van der Waals surface area contributed by atoms with Crippen molar-refractivity contribution in [2.75, 3.05) is 23.2 Å². The first-order valence-corrected chi connectivity index (χ1v) is 24.8. The van der Waals surface area contributed by atoms with Gasteiger partial charge in [-0.3, -0.25) is 0 Å². The van der Waals surface area contributed by atoms with Crippen LogP contribution in [-0.2, 0) is 10.0 Å². The Morgan fingerprint density at radius 1 is 0.661 bits per heavy atom. The fourth-order valence-electron chi connectivity index (χ4n) is 7.77. The van der Waals surface area contributed by atoms with Crippen molar-refractivity contribution in [3.8, 4) is 22.5 Å². The fraction of sp³-hybridized carbons (Fsp3) is 0.189. The summed E-state index contributed by atoms with van der Waals surface area (Å²) in [6.07, 6.45) is 4.06. The summed E-state index contributed by atoms with van der Waals surface area (Å²) >= 11 is 3.53. The number of hydrogen-bond acceptors (Lipinski definition) is 6. The summed E-state index contributed by atoms with van der Waals surface area (Å²) in [5.41, 5.74) is 6.00. The number of nitrogens with zero attached hydrogens (tertiary/aromatic N) is 2. The summed E-state index contributed by atoms with van der Waals surface area (Å²) in [7, 11) is -3.89. The van der Waals surface area contributed by atoms with E-state index in [-0.39, 0.29) is 10.8 Å². The maximum absolute atomic E-state index is 14.4. The Balaban J connectivity index is 1.32.